The predicted octanol–water partition coefficient (Wildman–Crippen LogP) is 2.78. The van der Waals surface area contributed by atoms with Gasteiger partial charge >= 0.3 is 0 Å². The SMILES string of the molecule is CC1CN(c2cc(-n3c(C(F)F)nc4ccccc43)nc(N3CCOCC3)n2)CC(C)N1. The van der Waals surface area contributed by atoms with Crippen molar-refractivity contribution in [1.29, 1.82) is 0 Å². The van der Waals surface area contributed by atoms with Crippen LogP contribution < -0.4 is 15.1 Å². The normalized spacial score (nSPS) is 22.2. The van der Waals surface area contributed by atoms with Gasteiger partial charge in [-0.15, -0.1) is 0 Å². The molecule has 170 valence electrons. The van der Waals surface area contributed by atoms with E-state index >= 15 is 0 Å². The highest BCUT2D eigenvalue weighted by Crippen LogP contribution is 2.30. The summed E-state index contributed by atoms with van der Waals surface area (Å²) in [7, 11) is 0. The van der Waals surface area contributed by atoms with Crippen molar-refractivity contribution in [2.45, 2.75) is 32.4 Å². The van der Waals surface area contributed by atoms with Gasteiger partial charge in [0, 0.05) is 44.3 Å². The van der Waals surface area contributed by atoms with Crippen LogP contribution in [-0.4, -0.2) is 71.0 Å². The number of nitrogens with one attached hydrogen (secondary N) is 1. The van der Waals surface area contributed by atoms with E-state index in [1.54, 1.807) is 24.3 Å². The summed E-state index contributed by atoms with van der Waals surface area (Å²) in [4.78, 5) is 18.0. The first-order valence-electron chi connectivity index (χ1n) is 11.0. The number of morpholine rings is 1. The number of benzene rings is 1. The molecule has 0 bridgehead atoms. The number of piperazine rings is 1. The molecule has 0 aliphatic carbocycles. The van der Waals surface area contributed by atoms with E-state index in [9.17, 15) is 8.78 Å². The van der Waals surface area contributed by atoms with Crippen LogP contribution in [0.25, 0.3) is 16.9 Å². The fourth-order valence-electron chi connectivity index (χ4n) is 4.54. The lowest BCUT2D eigenvalue weighted by Gasteiger charge is -2.37. The number of hydrogen-bond acceptors (Lipinski definition) is 7. The van der Waals surface area contributed by atoms with Gasteiger partial charge in [0.1, 0.15) is 11.6 Å². The number of para-hydroxylation sites is 2. The minimum atomic E-state index is -2.73. The first-order valence-corrected chi connectivity index (χ1v) is 11.0. The first kappa shape index (κ1) is 21.0. The Kier molecular flexibility index (Phi) is 5.64. The number of rotatable bonds is 4. The molecule has 4 heterocycles. The van der Waals surface area contributed by atoms with Crippen LogP contribution in [0.5, 0.6) is 0 Å². The van der Waals surface area contributed by atoms with Gasteiger partial charge in [0.25, 0.3) is 6.43 Å². The maximum absolute atomic E-state index is 14.0. The smallest absolute Gasteiger partial charge is 0.296 e. The second-order valence-corrected chi connectivity index (χ2v) is 8.45. The number of aromatic nitrogens is 4. The number of anilines is 2. The molecular formula is C22H27F2N7O. The third kappa shape index (κ3) is 4.00. The van der Waals surface area contributed by atoms with Crippen LogP contribution in [0, 0.1) is 0 Å². The molecule has 0 spiro atoms. The van der Waals surface area contributed by atoms with Crippen molar-refractivity contribution in [1.82, 2.24) is 24.8 Å². The number of alkyl halides is 2. The zero-order valence-electron chi connectivity index (χ0n) is 18.2. The van der Waals surface area contributed by atoms with Crippen LogP contribution in [0.15, 0.2) is 30.3 Å². The number of nitrogens with zero attached hydrogens (tertiary/aromatic N) is 6. The summed E-state index contributed by atoms with van der Waals surface area (Å²) >= 11 is 0. The topological polar surface area (TPSA) is 71.3 Å². The Bertz CT molecular complexity index is 1090. The molecule has 2 saturated heterocycles. The summed E-state index contributed by atoms with van der Waals surface area (Å²) in [5.74, 6) is 1.34. The lowest BCUT2D eigenvalue weighted by Crippen LogP contribution is -2.54. The van der Waals surface area contributed by atoms with Gasteiger partial charge in [-0.1, -0.05) is 12.1 Å². The number of imidazole rings is 1. The van der Waals surface area contributed by atoms with Crippen molar-refractivity contribution >= 4 is 22.8 Å². The monoisotopic (exact) mass is 443 g/mol. The van der Waals surface area contributed by atoms with E-state index in [1.165, 1.54) is 4.57 Å². The van der Waals surface area contributed by atoms with E-state index in [2.05, 4.69) is 29.0 Å². The third-order valence-electron chi connectivity index (χ3n) is 5.87. The molecule has 2 unspecified atom stereocenters. The minimum Gasteiger partial charge on any atom is -0.378 e. The van der Waals surface area contributed by atoms with Gasteiger partial charge in [0.15, 0.2) is 5.82 Å². The number of hydrogen-bond donors (Lipinski definition) is 1. The van der Waals surface area contributed by atoms with E-state index in [4.69, 9.17) is 14.7 Å². The fraction of sp³-hybridized carbons (Fsp3) is 0.500. The average molecular weight is 444 g/mol. The Morgan fingerprint density at radius 1 is 0.969 bits per heavy atom. The number of ether oxygens (including phenoxy) is 1. The Hall–Kier alpha value is -2.85. The second kappa shape index (κ2) is 8.59. The van der Waals surface area contributed by atoms with Crippen LogP contribution in [0.3, 0.4) is 0 Å². The van der Waals surface area contributed by atoms with Crippen LogP contribution in [0.2, 0.25) is 0 Å². The molecule has 0 radical (unpaired) electrons. The van der Waals surface area contributed by atoms with E-state index in [-0.39, 0.29) is 17.9 Å². The maximum Gasteiger partial charge on any atom is 0.296 e. The predicted molar refractivity (Wildman–Crippen MR) is 119 cm³/mol. The molecule has 1 aromatic carbocycles. The molecule has 0 amide bonds. The van der Waals surface area contributed by atoms with Crippen molar-refractivity contribution < 1.29 is 13.5 Å². The molecule has 1 N–H and O–H groups in total. The highest BCUT2D eigenvalue weighted by atomic mass is 19.3. The summed E-state index contributed by atoms with van der Waals surface area (Å²) < 4.78 is 34.9. The van der Waals surface area contributed by atoms with Gasteiger partial charge in [0.2, 0.25) is 5.95 Å². The number of halogens is 2. The molecule has 5 rings (SSSR count). The van der Waals surface area contributed by atoms with E-state index < -0.39 is 6.43 Å². The Morgan fingerprint density at radius 3 is 2.38 bits per heavy atom. The molecule has 0 saturated carbocycles. The van der Waals surface area contributed by atoms with Crippen molar-refractivity contribution in [3.63, 3.8) is 0 Å². The highest BCUT2D eigenvalue weighted by Gasteiger charge is 2.27. The Balaban J connectivity index is 1.67. The van der Waals surface area contributed by atoms with Crippen LogP contribution >= 0.6 is 0 Å². The molecule has 2 aromatic heterocycles. The Labute approximate surface area is 185 Å². The van der Waals surface area contributed by atoms with E-state index in [0.29, 0.717) is 49.1 Å². The summed E-state index contributed by atoms with van der Waals surface area (Å²) in [5.41, 5.74) is 1.11. The Morgan fingerprint density at radius 2 is 1.66 bits per heavy atom. The van der Waals surface area contributed by atoms with Crippen LogP contribution in [0.1, 0.15) is 26.1 Å². The largest absolute Gasteiger partial charge is 0.378 e. The third-order valence-corrected chi connectivity index (χ3v) is 5.87. The summed E-state index contributed by atoms with van der Waals surface area (Å²) in [6.07, 6.45) is -2.73. The van der Waals surface area contributed by atoms with Crippen molar-refractivity contribution in [3.8, 4) is 5.82 Å². The van der Waals surface area contributed by atoms with Gasteiger partial charge in [-0.3, -0.25) is 4.57 Å². The van der Waals surface area contributed by atoms with Crippen molar-refractivity contribution in [2.24, 2.45) is 0 Å². The molecule has 2 aliphatic heterocycles. The molecule has 10 heteroatoms. The second-order valence-electron chi connectivity index (χ2n) is 8.45. The lowest BCUT2D eigenvalue weighted by atomic mass is 10.1. The standard InChI is InChI=1S/C22H27F2N7O/c1-14-12-30(13-15(2)25-14)18-11-19(28-22(27-18)29-7-9-32-10-8-29)31-17-6-4-3-5-16(17)26-21(31)20(23)24/h3-6,11,14-15,20,25H,7-10,12-13H2,1-2H3. The molecular weight excluding hydrogens is 416 g/mol. The molecule has 2 fully saturated rings. The van der Waals surface area contributed by atoms with E-state index in [0.717, 1.165) is 18.9 Å². The average Bonchev–Trinajstić information content (AvgIpc) is 3.19. The number of fused-ring (bicyclic) bond motifs is 1. The minimum absolute atomic E-state index is 0.287. The summed E-state index contributed by atoms with van der Waals surface area (Å²) in [6.45, 7) is 8.29. The first-order chi connectivity index (χ1) is 15.5. The van der Waals surface area contributed by atoms with Gasteiger partial charge in [-0.2, -0.15) is 9.97 Å². The van der Waals surface area contributed by atoms with Gasteiger partial charge in [0.05, 0.1) is 24.2 Å². The molecule has 8 nitrogen and oxygen atoms in total. The quantitative estimate of drug-likeness (QED) is 0.665. The summed E-state index contributed by atoms with van der Waals surface area (Å²) in [5, 5.41) is 3.52. The van der Waals surface area contributed by atoms with Crippen LogP contribution in [0.4, 0.5) is 20.5 Å². The van der Waals surface area contributed by atoms with Gasteiger partial charge < -0.3 is 19.9 Å². The zero-order chi connectivity index (χ0) is 22.2. The molecule has 3 aromatic rings. The molecule has 2 atom stereocenters. The highest BCUT2D eigenvalue weighted by molar-refractivity contribution is 5.78. The maximum atomic E-state index is 14.0. The summed E-state index contributed by atoms with van der Waals surface area (Å²) in [6, 6.07) is 9.52. The van der Waals surface area contributed by atoms with Crippen molar-refractivity contribution in [2.75, 3.05) is 49.2 Å². The van der Waals surface area contributed by atoms with Gasteiger partial charge in [-0.25, -0.2) is 13.8 Å². The molecule has 2 aliphatic rings. The fourth-order valence-corrected chi connectivity index (χ4v) is 4.54. The van der Waals surface area contributed by atoms with Crippen molar-refractivity contribution in [3.05, 3.63) is 36.2 Å². The van der Waals surface area contributed by atoms with E-state index in [1.807, 2.05) is 11.0 Å². The molecule has 32 heavy (non-hydrogen) atoms. The zero-order valence-corrected chi connectivity index (χ0v) is 18.2. The lowest BCUT2D eigenvalue weighted by molar-refractivity contribution is 0.122. The van der Waals surface area contributed by atoms with Gasteiger partial charge in [-0.05, 0) is 26.0 Å². The van der Waals surface area contributed by atoms with Crippen LogP contribution in [-0.2, 0) is 4.74 Å².